The largest absolute Gasteiger partial charge is 0.481 e. The quantitative estimate of drug-likeness (QED) is 0.786. The lowest BCUT2D eigenvalue weighted by atomic mass is 9.68. The summed E-state index contributed by atoms with van der Waals surface area (Å²) in [5.41, 5.74) is 1.09. The number of aliphatic carboxylic acids is 1. The van der Waals surface area contributed by atoms with Gasteiger partial charge >= 0.3 is 12.1 Å². The van der Waals surface area contributed by atoms with Crippen molar-refractivity contribution in [2.24, 2.45) is 17.8 Å². The van der Waals surface area contributed by atoms with E-state index in [0.29, 0.717) is 11.8 Å². The highest BCUT2D eigenvalue weighted by Gasteiger charge is 2.52. The van der Waals surface area contributed by atoms with E-state index in [0.717, 1.165) is 76.6 Å². The summed E-state index contributed by atoms with van der Waals surface area (Å²) in [4.78, 5) is 28.6. The van der Waals surface area contributed by atoms with Crippen LogP contribution in [-0.4, -0.2) is 63.5 Å². The van der Waals surface area contributed by atoms with Crippen molar-refractivity contribution in [2.75, 3.05) is 18.0 Å². The Bertz CT molecular complexity index is 790. The van der Waals surface area contributed by atoms with E-state index >= 15 is 0 Å². The number of piperidine rings is 1. The van der Waals surface area contributed by atoms with Crippen LogP contribution in [0, 0.1) is 17.8 Å². The molecule has 8 nitrogen and oxygen atoms in total. The van der Waals surface area contributed by atoms with Crippen LogP contribution in [0.3, 0.4) is 0 Å². The third kappa shape index (κ3) is 3.96. The molecule has 31 heavy (non-hydrogen) atoms. The third-order valence-electron chi connectivity index (χ3n) is 8.16. The molecule has 2 saturated carbocycles. The fourth-order valence-corrected chi connectivity index (χ4v) is 6.54. The molecule has 3 unspecified atom stereocenters. The van der Waals surface area contributed by atoms with Crippen LogP contribution in [0.4, 0.5) is 10.5 Å². The van der Waals surface area contributed by atoms with Gasteiger partial charge in [-0.05, 0) is 63.4 Å². The molecule has 1 amide bonds. The van der Waals surface area contributed by atoms with Crippen molar-refractivity contribution in [3.63, 3.8) is 0 Å². The van der Waals surface area contributed by atoms with Crippen molar-refractivity contribution in [1.29, 1.82) is 0 Å². The molecule has 2 aliphatic heterocycles. The number of hydrogen-bond donors (Lipinski definition) is 1. The van der Waals surface area contributed by atoms with Gasteiger partial charge in [0, 0.05) is 25.0 Å². The molecular weight excluding hydrogens is 396 g/mol. The van der Waals surface area contributed by atoms with Gasteiger partial charge in [-0.15, -0.1) is 0 Å². The number of carbonyl (C=O) groups excluding carboxylic acids is 1. The van der Waals surface area contributed by atoms with Gasteiger partial charge in [-0.3, -0.25) is 9.69 Å². The Labute approximate surface area is 183 Å². The van der Waals surface area contributed by atoms with Gasteiger partial charge in [-0.1, -0.05) is 6.42 Å². The van der Waals surface area contributed by atoms with Crippen LogP contribution in [-0.2, 0) is 9.53 Å². The predicted molar refractivity (Wildman–Crippen MR) is 114 cm³/mol. The Balaban J connectivity index is 1.22. The summed E-state index contributed by atoms with van der Waals surface area (Å²) in [5, 5.41) is 17.1. The van der Waals surface area contributed by atoms with Gasteiger partial charge in [0.05, 0.1) is 30.0 Å². The molecule has 0 aromatic carbocycles. The lowest BCUT2D eigenvalue weighted by molar-refractivity contribution is -0.143. The number of amides is 1. The molecule has 1 aromatic heterocycles. The van der Waals surface area contributed by atoms with Crippen molar-refractivity contribution in [2.45, 2.75) is 76.0 Å². The first-order valence-electron chi connectivity index (χ1n) is 11.8. The Morgan fingerprint density at radius 3 is 2.48 bits per heavy atom. The Morgan fingerprint density at radius 1 is 1.03 bits per heavy atom. The molecule has 3 atom stereocenters. The maximum Gasteiger partial charge on any atom is 0.410 e. The molecule has 1 aromatic rings. The van der Waals surface area contributed by atoms with E-state index in [2.05, 4.69) is 20.0 Å². The van der Waals surface area contributed by atoms with E-state index in [1.54, 1.807) is 12.4 Å². The summed E-state index contributed by atoms with van der Waals surface area (Å²) in [6.45, 7) is 1.81. The number of fused-ring (bicyclic) bond motifs is 1. The standard InChI is InChI=1S/C23H32N4O4/c28-22(29)16-6-4-15(5-7-16)19-2-1-3-20-21(19)31-23(30)27(20)17-9-12-26(13-10-17)18-8-11-24-25-14-18/h8,11,14-17,19-21H,1-7,9-10,12-13H2,(H,28,29). The van der Waals surface area contributed by atoms with Gasteiger partial charge < -0.3 is 14.7 Å². The second-order valence-corrected chi connectivity index (χ2v) is 9.69. The minimum Gasteiger partial charge on any atom is -0.481 e. The molecule has 8 heteroatoms. The zero-order valence-electron chi connectivity index (χ0n) is 17.9. The topological polar surface area (TPSA) is 95.9 Å². The van der Waals surface area contributed by atoms with Crippen LogP contribution < -0.4 is 4.90 Å². The van der Waals surface area contributed by atoms with Gasteiger partial charge in [-0.2, -0.15) is 10.2 Å². The minimum atomic E-state index is -0.660. The molecule has 2 aliphatic carbocycles. The number of aromatic nitrogens is 2. The van der Waals surface area contributed by atoms with Crippen molar-refractivity contribution in [1.82, 2.24) is 15.1 Å². The number of anilines is 1. The van der Waals surface area contributed by atoms with E-state index in [4.69, 9.17) is 4.74 Å². The van der Waals surface area contributed by atoms with Gasteiger partial charge in [0.1, 0.15) is 6.10 Å². The van der Waals surface area contributed by atoms with Gasteiger partial charge in [-0.25, -0.2) is 4.79 Å². The third-order valence-corrected chi connectivity index (χ3v) is 8.16. The van der Waals surface area contributed by atoms with Crippen molar-refractivity contribution < 1.29 is 19.4 Å². The van der Waals surface area contributed by atoms with Gasteiger partial charge in [0.2, 0.25) is 0 Å². The summed E-state index contributed by atoms with van der Waals surface area (Å²) in [7, 11) is 0. The average molecular weight is 429 g/mol. The first-order valence-corrected chi connectivity index (χ1v) is 11.8. The summed E-state index contributed by atoms with van der Waals surface area (Å²) in [6.07, 6.45) is 11.9. The van der Waals surface area contributed by atoms with Crippen LogP contribution in [0.1, 0.15) is 57.8 Å². The second-order valence-electron chi connectivity index (χ2n) is 9.69. The van der Waals surface area contributed by atoms with E-state index in [1.165, 1.54) is 0 Å². The zero-order valence-corrected chi connectivity index (χ0v) is 17.9. The highest BCUT2D eigenvalue weighted by Crippen LogP contribution is 2.45. The molecule has 0 radical (unpaired) electrons. The van der Waals surface area contributed by atoms with Crippen LogP contribution >= 0.6 is 0 Å². The smallest absolute Gasteiger partial charge is 0.410 e. The summed E-state index contributed by atoms with van der Waals surface area (Å²) < 4.78 is 6.02. The monoisotopic (exact) mass is 428 g/mol. The van der Waals surface area contributed by atoms with Crippen molar-refractivity contribution in [3.8, 4) is 0 Å². The number of carboxylic acid groups (broad SMARTS) is 1. The molecule has 1 N–H and O–H groups in total. The normalized spacial score (nSPS) is 34.3. The second kappa shape index (κ2) is 8.63. The Morgan fingerprint density at radius 2 is 1.81 bits per heavy atom. The van der Waals surface area contributed by atoms with Crippen LogP contribution in [0.2, 0.25) is 0 Å². The van der Waals surface area contributed by atoms with E-state index in [-0.39, 0.29) is 30.2 Å². The van der Waals surface area contributed by atoms with Crippen LogP contribution in [0.25, 0.3) is 0 Å². The molecule has 2 saturated heterocycles. The number of carbonyl (C=O) groups is 2. The molecule has 4 fully saturated rings. The predicted octanol–water partition coefficient (Wildman–Crippen LogP) is 3.33. The number of hydrogen-bond acceptors (Lipinski definition) is 6. The maximum absolute atomic E-state index is 13.0. The Kier molecular flexibility index (Phi) is 5.71. The summed E-state index contributed by atoms with van der Waals surface area (Å²) in [6, 6.07) is 2.40. The number of ether oxygens (including phenoxy) is 1. The van der Waals surface area contributed by atoms with E-state index < -0.39 is 5.97 Å². The molecule has 3 heterocycles. The molecule has 4 aliphatic rings. The zero-order chi connectivity index (χ0) is 21.4. The molecule has 0 bridgehead atoms. The highest BCUT2D eigenvalue weighted by atomic mass is 16.6. The maximum atomic E-state index is 13.0. The van der Waals surface area contributed by atoms with E-state index in [1.807, 2.05) is 6.07 Å². The number of rotatable bonds is 4. The van der Waals surface area contributed by atoms with E-state index in [9.17, 15) is 14.7 Å². The van der Waals surface area contributed by atoms with Crippen LogP contribution in [0.5, 0.6) is 0 Å². The lowest BCUT2D eigenvalue weighted by Crippen LogP contribution is -2.52. The fraction of sp³-hybridized carbons (Fsp3) is 0.739. The minimum absolute atomic E-state index is 0.0185. The molecule has 5 rings (SSSR count). The number of carboxylic acids is 1. The first-order chi connectivity index (χ1) is 15.1. The lowest BCUT2D eigenvalue weighted by Gasteiger charge is -2.43. The van der Waals surface area contributed by atoms with Gasteiger partial charge in [0.25, 0.3) is 0 Å². The van der Waals surface area contributed by atoms with Crippen molar-refractivity contribution >= 4 is 17.7 Å². The SMILES string of the molecule is O=C(O)C1CCC(C2CCCC3C2OC(=O)N3C2CCN(c3ccnnc3)CC2)CC1. The summed E-state index contributed by atoms with van der Waals surface area (Å²) in [5.74, 6) is 0.00832. The van der Waals surface area contributed by atoms with Gasteiger partial charge in [0.15, 0.2) is 0 Å². The average Bonchev–Trinajstić information content (AvgIpc) is 3.15. The van der Waals surface area contributed by atoms with Crippen LogP contribution in [0.15, 0.2) is 18.5 Å². The van der Waals surface area contributed by atoms with Crippen molar-refractivity contribution in [3.05, 3.63) is 18.5 Å². The Hall–Kier alpha value is -2.38. The number of nitrogens with zero attached hydrogens (tertiary/aromatic N) is 4. The highest BCUT2D eigenvalue weighted by molar-refractivity contribution is 5.71. The molecule has 0 spiro atoms. The fourth-order valence-electron chi connectivity index (χ4n) is 6.54. The summed E-state index contributed by atoms with van der Waals surface area (Å²) >= 11 is 0. The molecular formula is C23H32N4O4. The first kappa shape index (κ1) is 20.5. The molecule has 168 valence electrons.